The van der Waals surface area contributed by atoms with Crippen LogP contribution in [0.1, 0.15) is 30.0 Å². The van der Waals surface area contributed by atoms with Crippen LogP contribution in [-0.4, -0.2) is 70.3 Å². The number of esters is 1. The van der Waals surface area contributed by atoms with Gasteiger partial charge in [0.05, 0.1) is 35.8 Å². The molecule has 0 spiro atoms. The van der Waals surface area contributed by atoms with E-state index in [9.17, 15) is 22.8 Å². The van der Waals surface area contributed by atoms with Gasteiger partial charge in [-0.25, -0.2) is 14.2 Å². The Balaban J connectivity index is 1.03. The standard InChI is InChI=1S/C29H26ClF4N5O5/c30-21-8-23(37-28(42)39-18-2-3-24(39)20-10-35-25(40)6-17(20)5-18)22(31)7-19(21)16-1-4-26(36-9-16)43-13-15-11-38(12-15)14-44-27(41)29(32,33)34/h1,4,6-10,15,18,24H,2-3,5,11-14H2,(H,35,40)(H,37,42)/p+2/t18?,24-/m1/s1. The van der Waals surface area contributed by atoms with Gasteiger partial charge in [-0.1, -0.05) is 11.6 Å². The number of hydrogen-bond donors (Lipinski definition) is 3. The van der Waals surface area contributed by atoms with Gasteiger partial charge in [-0.15, -0.1) is 0 Å². The molecule has 1 unspecified atom stereocenters. The van der Waals surface area contributed by atoms with Crippen molar-refractivity contribution in [1.82, 2.24) is 14.9 Å². The van der Waals surface area contributed by atoms with Gasteiger partial charge < -0.3 is 24.7 Å². The fourth-order valence-corrected chi connectivity index (χ4v) is 6.35. The molecular weight excluding hydrogens is 610 g/mol. The summed E-state index contributed by atoms with van der Waals surface area (Å²) in [6, 6.07) is 6.67. The Bertz CT molecular complexity index is 1640. The lowest BCUT2D eigenvalue weighted by Gasteiger charge is -2.36. The van der Waals surface area contributed by atoms with Crippen molar-refractivity contribution >= 4 is 29.3 Å². The molecule has 4 N–H and O–H groups in total. The topological polar surface area (TPSA) is 122 Å². The first-order valence-corrected chi connectivity index (χ1v) is 14.3. The number of amides is 2. The number of fused-ring (bicyclic) bond motifs is 4. The minimum Gasteiger partial charge on any atom is -0.477 e. The van der Waals surface area contributed by atoms with Gasteiger partial charge in [0.2, 0.25) is 11.4 Å². The van der Waals surface area contributed by atoms with Crippen molar-refractivity contribution in [3.8, 4) is 17.0 Å². The molecular formula is C29H28ClF4N5O5+2. The van der Waals surface area contributed by atoms with E-state index in [1.807, 2.05) is 0 Å². The molecule has 2 saturated heterocycles. The van der Waals surface area contributed by atoms with Gasteiger partial charge in [-0.3, -0.25) is 14.4 Å². The molecule has 2 aromatic heterocycles. The van der Waals surface area contributed by atoms with E-state index in [1.54, 1.807) is 29.3 Å². The van der Waals surface area contributed by atoms with Crippen LogP contribution in [0.25, 0.3) is 11.1 Å². The van der Waals surface area contributed by atoms with Crippen LogP contribution in [0.5, 0.6) is 5.88 Å². The molecule has 15 heteroatoms. The minimum atomic E-state index is -4.90. The number of carbonyl (C=O) groups excluding carboxylic acids is 2. The molecule has 2 amide bonds. The van der Waals surface area contributed by atoms with Crippen LogP contribution in [0, 0.1) is 11.7 Å². The van der Waals surface area contributed by atoms with Crippen molar-refractivity contribution in [1.29, 1.82) is 0 Å². The van der Waals surface area contributed by atoms with Crippen molar-refractivity contribution in [2.45, 2.75) is 37.5 Å². The first-order valence-electron chi connectivity index (χ1n) is 13.9. The normalized spacial score (nSPS) is 22.2. The summed E-state index contributed by atoms with van der Waals surface area (Å²) in [5.74, 6) is -2.24. The number of ether oxygens (including phenoxy) is 2. The Hall–Kier alpha value is -4.17. The molecule has 3 aliphatic rings. The van der Waals surface area contributed by atoms with Crippen LogP contribution in [0.15, 0.2) is 47.5 Å². The maximum Gasteiger partial charge on any atom is 0.598 e. The zero-order chi connectivity index (χ0) is 31.2. The third-order valence-electron chi connectivity index (χ3n) is 8.22. The Morgan fingerprint density at radius 3 is 2.75 bits per heavy atom. The number of nitrogens with zero attached hydrogens (tertiary/aromatic N) is 2. The number of quaternary nitrogens is 1. The second-order valence-corrected chi connectivity index (χ2v) is 11.6. The highest BCUT2D eigenvalue weighted by Crippen LogP contribution is 2.43. The molecule has 2 bridgehead atoms. The van der Waals surface area contributed by atoms with E-state index in [1.165, 1.54) is 18.3 Å². The molecule has 44 heavy (non-hydrogen) atoms. The fourth-order valence-electron chi connectivity index (χ4n) is 6.08. The van der Waals surface area contributed by atoms with E-state index in [4.69, 9.17) is 21.1 Å². The van der Waals surface area contributed by atoms with Crippen LogP contribution in [0.2, 0.25) is 5.02 Å². The third-order valence-corrected chi connectivity index (χ3v) is 8.53. The zero-order valence-electron chi connectivity index (χ0n) is 23.1. The highest BCUT2D eigenvalue weighted by atomic mass is 35.5. The number of benzene rings is 1. The lowest BCUT2D eigenvalue weighted by atomic mass is 9.95. The summed E-state index contributed by atoms with van der Waals surface area (Å²) in [5.41, 5.74) is 2.48. The van der Waals surface area contributed by atoms with Crippen molar-refractivity contribution < 1.29 is 41.5 Å². The number of alkyl halides is 3. The molecule has 5 heterocycles. The van der Waals surface area contributed by atoms with Gasteiger partial charge >= 0.3 is 24.9 Å². The van der Waals surface area contributed by atoms with Crippen LogP contribution >= 0.6 is 11.6 Å². The van der Waals surface area contributed by atoms with Crippen LogP contribution in [0.4, 0.5) is 28.0 Å². The highest BCUT2D eigenvalue weighted by molar-refractivity contribution is 6.33. The first kappa shape index (κ1) is 29.9. The lowest BCUT2D eigenvalue weighted by molar-refractivity contribution is -0.965. The quantitative estimate of drug-likeness (QED) is 0.208. The number of halogens is 5. The van der Waals surface area contributed by atoms with Gasteiger partial charge in [0.1, 0.15) is 12.4 Å². The van der Waals surface area contributed by atoms with Crippen molar-refractivity contribution in [2.24, 2.45) is 5.92 Å². The number of hydrogen-bond acceptors (Lipinski definition) is 5. The van der Waals surface area contributed by atoms with Crippen LogP contribution in [0.3, 0.4) is 0 Å². The van der Waals surface area contributed by atoms with Crippen molar-refractivity contribution in [2.75, 3.05) is 31.7 Å². The van der Waals surface area contributed by atoms with Gasteiger partial charge in [-0.2, -0.15) is 13.2 Å². The summed E-state index contributed by atoms with van der Waals surface area (Å²) in [6.07, 6.45) is 0.310. The van der Waals surface area contributed by atoms with E-state index in [0.717, 1.165) is 28.9 Å². The maximum atomic E-state index is 15.2. The number of H-pyrrole nitrogens is 1. The molecule has 232 valence electrons. The Morgan fingerprint density at radius 2 is 2.02 bits per heavy atom. The predicted octanol–water partition coefficient (Wildman–Crippen LogP) is 3.46. The number of carbonyl (C=O) groups is 1. The molecule has 0 saturated carbocycles. The number of nitrogens with one attached hydrogen (secondary N) is 3. The Kier molecular flexibility index (Phi) is 7.97. The van der Waals surface area contributed by atoms with Crippen molar-refractivity contribution in [3.05, 3.63) is 75.0 Å². The predicted molar refractivity (Wildman–Crippen MR) is 151 cm³/mol. The van der Waals surface area contributed by atoms with E-state index in [2.05, 4.69) is 20.0 Å². The van der Waals surface area contributed by atoms with E-state index >= 15 is 4.39 Å². The van der Waals surface area contributed by atoms with E-state index < -0.39 is 24.0 Å². The van der Waals surface area contributed by atoms with E-state index in [-0.39, 0.29) is 47.6 Å². The van der Waals surface area contributed by atoms with Gasteiger partial charge in [0.15, 0.2) is 0 Å². The van der Waals surface area contributed by atoms with Gasteiger partial charge in [0.25, 0.3) is 0 Å². The number of pyridine rings is 2. The van der Waals surface area contributed by atoms with Crippen LogP contribution < -0.4 is 20.5 Å². The second-order valence-electron chi connectivity index (χ2n) is 11.2. The molecule has 1 aromatic carbocycles. The molecule has 0 radical (unpaired) electrons. The molecule has 3 aromatic rings. The Labute approximate surface area is 252 Å². The number of likely N-dealkylation sites (tertiary alicyclic amines) is 1. The largest absolute Gasteiger partial charge is 0.598 e. The monoisotopic (exact) mass is 637 g/mol. The summed E-state index contributed by atoms with van der Waals surface area (Å²) < 4.78 is 62.1. The number of urea groups is 1. The molecule has 2 atom stereocenters. The fraction of sp³-hybridized carbons (Fsp3) is 0.379. The average molecular weight is 638 g/mol. The summed E-state index contributed by atoms with van der Waals surface area (Å²) >= 11 is 6.49. The molecule has 0 aliphatic carbocycles. The smallest absolute Gasteiger partial charge is 0.477 e. The number of aromatic amines is 1. The van der Waals surface area contributed by atoms with Gasteiger partial charge in [0, 0.05) is 41.7 Å². The number of aromatic nitrogens is 2. The molecule has 6 rings (SSSR count). The van der Waals surface area contributed by atoms with Crippen LogP contribution in [-0.2, 0) is 11.2 Å². The number of anilines is 1. The molecule has 3 aliphatic heterocycles. The maximum absolute atomic E-state index is 15.2. The molecule has 10 nitrogen and oxygen atoms in total. The lowest BCUT2D eigenvalue weighted by Crippen LogP contribution is -3.20. The van der Waals surface area contributed by atoms with E-state index in [0.29, 0.717) is 36.5 Å². The Morgan fingerprint density at radius 1 is 1.23 bits per heavy atom. The summed E-state index contributed by atoms with van der Waals surface area (Å²) in [7, 11) is 0. The summed E-state index contributed by atoms with van der Waals surface area (Å²) in [6.45, 7) is 1.00. The third kappa shape index (κ3) is 6.09. The van der Waals surface area contributed by atoms with Gasteiger partial charge in [-0.05, 0) is 48.6 Å². The highest BCUT2D eigenvalue weighted by Gasteiger charge is 2.50. The summed E-state index contributed by atoms with van der Waals surface area (Å²) in [4.78, 5) is 43.2. The number of rotatable bonds is 7. The second kappa shape index (κ2) is 11.7. The molecule has 2 fully saturated rings. The van der Waals surface area contributed by atoms with Crippen molar-refractivity contribution in [3.63, 3.8) is 0 Å². The first-order chi connectivity index (χ1) is 21.0. The minimum absolute atomic E-state index is 0.0584. The SMILES string of the molecule is O=C(Nc1cc(Cl)c(-c2ccc(OCC3C[NH+](COC(=[OH+])C(F)(F)F)C3)nc2)cc1F)N1C2CC[C@@H]1c1c[nH]c(=O)cc1C2. The zero-order valence-corrected chi connectivity index (χ0v) is 23.8. The summed E-state index contributed by atoms with van der Waals surface area (Å²) in [5, 5.41) is 2.86. The average Bonchev–Trinajstić information content (AvgIpc) is 3.28.